The number of aromatic nitrogens is 1. The maximum Gasteiger partial charge on any atom is 0.302 e. The van der Waals surface area contributed by atoms with Crippen LogP contribution in [0.4, 0.5) is 6.01 Å². The number of anilines is 1. The number of nitrogens with zero attached hydrogens (tertiary/aromatic N) is 1. The van der Waals surface area contributed by atoms with Gasteiger partial charge in [0.25, 0.3) is 5.91 Å². The van der Waals surface area contributed by atoms with E-state index in [9.17, 15) is 4.79 Å². The highest BCUT2D eigenvalue weighted by atomic mass is 16.4. The lowest BCUT2D eigenvalue weighted by Gasteiger charge is -2.02. The Bertz CT molecular complexity index is 921. The molecule has 21 heavy (non-hydrogen) atoms. The highest BCUT2D eigenvalue weighted by Crippen LogP contribution is 2.51. The van der Waals surface area contributed by atoms with Gasteiger partial charge in [0.1, 0.15) is 5.52 Å². The summed E-state index contributed by atoms with van der Waals surface area (Å²) in [5.41, 5.74) is 7.05. The van der Waals surface area contributed by atoms with Crippen LogP contribution in [0.3, 0.4) is 0 Å². The van der Waals surface area contributed by atoms with Gasteiger partial charge in [0.15, 0.2) is 5.58 Å². The van der Waals surface area contributed by atoms with E-state index in [-0.39, 0.29) is 11.9 Å². The van der Waals surface area contributed by atoms with Crippen molar-refractivity contribution in [3.63, 3.8) is 0 Å². The van der Waals surface area contributed by atoms with Gasteiger partial charge in [-0.25, -0.2) is 0 Å². The molecule has 2 aromatic rings. The van der Waals surface area contributed by atoms with Gasteiger partial charge in [0, 0.05) is 5.57 Å². The molecule has 1 amide bonds. The molecule has 0 atom stereocenters. The van der Waals surface area contributed by atoms with E-state index in [1.807, 2.05) is 36.4 Å². The third-order valence-electron chi connectivity index (χ3n) is 4.03. The van der Waals surface area contributed by atoms with Crippen LogP contribution in [-0.4, -0.2) is 10.9 Å². The lowest BCUT2D eigenvalue weighted by molar-refractivity contribution is -0.112. The molecule has 1 fully saturated rings. The van der Waals surface area contributed by atoms with Gasteiger partial charge in [0.05, 0.1) is 0 Å². The fourth-order valence-electron chi connectivity index (χ4n) is 2.92. The molecule has 4 nitrogen and oxygen atoms in total. The Balaban J connectivity index is 1.48. The molecule has 0 saturated heterocycles. The van der Waals surface area contributed by atoms with Gasteiger partial charge in [-0.05, 0) is 53.0 Å². The first kappa shape index (κ1) is 10.9. The van der Waals surface area contributed by atoms with Crippen molar-refractivity contribution in [2.45, 2.75) is 6.42 Å². The molecule has 5 rings (SSSR count). The Hall–Kier alpha value is -2.88. The second-order valence-electron chi connectivity index (χ2n) is 5.34. The molecule has 1 aromatic carbocycles. The monoisotopic (exact) mass is 274 g/mol. The van der Waals surface area contributed by atoms with Crippen LogP contribution >= 0.6 is 0 Å². The predicted molar refractivity (Wildman–Crippen MR) is 78.5 cm³/mol. The van der Waals surface area contributed by atoms with Gasteiger partial charge >= 0.3 is 6.01 Å². The smallest absolute Gasteiger partial charge is 0.302 e. The Morgan fingerprint density at radius 1 is 1.19 bits per heavy atom. The van der Waals surface area contributed by atoms with Crippen LogP contribution in [0.2, 0.25) is 0 Å². The first-order valence-electron chi connectivity index (χ1n) is 6.83. The lowest BCUT2D eigenvalue weighted by atomic mass is 10.1. The van der Waals surface area contributed by atoms with Crippen molar-refractivity contribution in [3.05, 3.63) is 70.4 Å². The number of oxazole rings is 1. The summed E-state index contributed by atoms with van der Waals surface area (Å²) in [4.78, 5) is 16.6. The SMILES string of the molecule is O=C(Nc1nc2ccccc2o1)C1=C2C=C3CC3=C2C=C1. The van der Waals surface area contributed by atoms with E-state index in [1.165, 1.54) is 16.7 Å². The minimum atomic E-state index is -0.179. The molecule has 1 heterocycles. The topological polar surface area (TPSA) is 55.1 Å². The van der Waals surface area contributed by atoms with Gasteiger partial charge in [-0.2, -0.15) is 4.98 Å². The number of carbonyl (C=O) groups is 1. The molecule has 0 radical (unpaired) electrons. The molecular formula is C17H10N2O2. The van der Waals surface area contributed by atoms with E-state index in [0.29, 0.717) is 11.2 Å². The van der Waals surface area contributed by atoms with Crippen molar-refractivity contribution >= 4 is 23.0 Å². The maximum atomic E-state index is 12.4. The van der Waals surface area contributed by atoms with Crippen LogP contribution in [0.25, 0.3) is 11.1 Å². The Morgan fingerprint density at radius 2 is 2.10 bits per heavy atom. The van der Waals surface area contributed by atoms with Crippen molar-refractivity contribution in [1.82, 2.24) is 4.98 Å². The molecule has 1 aromatic heterocycles. The summed E-state index contributed by atoms with van der Waals surface area (Å²) >= 11 is 0. The summed E-state index contributed by atoms with van der Waals surface area (Å²) < 4.78 is 5.52. The minimum absolute atomic E-state index is 0.179. The Morgan fingerprint density at radius 3 is 3.00 bits per heavy atom. The van der Waals surface area contributed by atoms with Crippen molar-refractivity contribution in [1.29, 1.82) is 0 Å². The highest BCUT2D eigenvalue weighted by Gasteiger charge is 2.35. The van der Waals surface area contributed by atoms with Crippen LogP contribution in [-0.2, 0) is 4.79 Å². The molecule has 3 aliphatic carbocycles. The van der Waals surface area contributed by atoms with Crippen molar-refractivity contribution in [2.24, 2.45) is 0 Å². The molecule has 100 valence electrons. The van der Waals surface area contributed by atoms with Crippen LogP contribution in [0.1, 0.15) is 6.42 Å². The molecule has 3 aliphatic rings. The number of allylic oxidation sites excluding steroid dienone is 6. The molecule has 1 N–H and O–H groups in total. The molecule has 0 aliphatic heterocycles. The molecule has 0 bridgehead atoms. The van der Waals surface area contributed by atoms with Crippen LogP contribution in [0.15, 0.2) is 74.8 Å². The summed E-state index contributed by atoms with van der Waals surface area (Å²) in [5.74, 6) is -0.179. The van der Waals surface area contributed by atoms with Gasteiger partial charge < -0.3 is 4.42 Å². The second-order valence-corrected chi connectivity index (χ2v) is 5.34. The quantitative estimate of drug-likeness (QED) is 0.914. The van der Waals surface area contributed by atoms with Crippen molar-refractivity contribution in [2.75, 3.05) is 5.32 Å². The summed E-state index contributed by atoms with van der Waals surface area (Å²) in [6.45, 7) is 0. The van der Waals surface area contributed by atoms with Gasteiger partial charge in [-0.15, -0.1) is 0 Å². The number of amides is 1. The normalized spacial score (nSPS) is 18.2. The van der Waals surface area contributed by atoms with Crippen LogP contribution in [0, 0.1) is 0 Å². The number of carbonyl (C=O) groups excluding carboxylic acids is 1. The zero-order valence-corrected chi connectivity index (χ0v) is 11.0. The summed E-state index contributed by atoms with van der Waals surface area (Å²) in [5, 5.41) is 2.74. The zero-order chi connectivity index (χ0) is 14.0. The van der Waals surface area contributed by atoms with E-state index < -0.39 is 0 Å². The van der Waals surface area contributed by atoms with Gasteiger partial charge in [0.2, 0.25) is 0 Å². The van der Waals surface area contributed by atoms with E-state index in [0.717, 1.165) is 17.5 Å². The van der Waals surface area contributed by atoms with Crippen molar-refractivity contribution in [3.8, 4) is 0 Å². The van der Waals surface area contributed by atoms with E-state index >= 15 is 0 Å². The third-order valence-corrected chi connectivity index (χ3v) is 4.03. The third kappa shape index (κ3) is 1.50. The molecule has 4 heteroatoms. The van der Waals surface area contributed by atoms with Crippen molar-refractivity contribution < 1.29 is 9.21 Å². The Kier molecular flexibility index (Phi) is 1.86. The number of hydrogen-bond acceptors (Lipinski definition) is 3. The average molecular weight is 274 g/mol. The zero-order valence-electron chi connectivity index (χ0n) is 11.0. The number of fused-ring (bicyclic) bond motifs is 3. The lowest BCUT2D eigenvalue weighted by Crippen LogP contribution is -2.13. The maximum absolute atomic E-state index is 12.4. The molecule has 1 saturated carbocycles. The van der Waals surface area contributed by atoms with E-state index in [1.54, 1.807) is 0 Å². The number of para-hydroxylation sites is 2. The standard InChI is InChI=1S/C17H10N2O2/c20-16(11-6-5-10-12-7-9(12)8-13(10)11)19-17-18-14-3-1-2-4-15(14)21-17/h1-6,8H,7H2,(H,18,19,20). The summed E-state index contributed by atoms with van der Waals surface area (Å²) in [6.07, 6.45) is 7.05. The molecule has 0 spiro atoms. The summed E-state index contributed by atoms with van der Waals surface area (Å²) in [6, 6.07) is 7.67. The van der Waals surface area contributed by atoms with E-state index in [4.69, 9.17) is 4.42 Å². The van der Waals surface area contributed by atoms with Crippen LogP contribution < -0.4 is 5.32 Å². The summed E-state index contributed by atoms with van der Waals surface area (Å²) in [7, 11) is 0. The Labute approximate surface area is 120 Å². The van der Waals surface area contributed by atoms with Crippen LogP contribution in [0.5, 0.6) is 0 Å². The predicted octanol–water partition coefficient (Wildman–Crippen LogP) is 3.27. The average Bonchev–Trinajstić information content (AvgIpc) is 2.86. The number of hydrogen-bond donors (Lipinski definition) is 1. The van der Waals surface area contributed by atoms with Gasteiger partial charge in [-0.3, -0.25) is 10.1 Å². The first-order chi connectivity index (χ1) is 10.3. The number of nitrogens with one attached hydrogen (secondary N) is 1. The fraction of sp³-hybridized carbons (Fsp3) is 0.0588. The highest BCUT2D eigenvalue weighted by molar-refractivity contribution is 6.08. The fourth-order valence-corrected chi connectivity index (χ4v) is 2.92. The first-order valence-corrected chi connectivity index (χ1v) is 6.83. The minimum Gasteiger partial charge on any atom is -0.423 e. The number of rotatable bonds is 2. The molecule has 0 unspecified atom stereocenters. The van der Waals surface area contributed by atoms with E-state index in [2.05, 4.69) is 16.4 Å². The van der Waals surface area contributed by atoms with Gasteiger partial charge in [-0.1, -0.05) is 18.2 Å². The second kappa shape index (κ2) is 3.61. The number of benzene rings is 1. The molecular weight excluding hydrogens is 264 g/mol. The largest absolute Gasteiger partial charge is 0.423 e.